The minimum Gasteiger partial charge on any atom is -0.496 e. The van der Waals surface area contributed by atoms with Crippen LogP contribution >= 0.6 is 11.3 Å². The number of carbonyl (C=O) groups excluding carboxylic acids is 2. The molecule has 156 valence electrons. The molecule has 1 unspecified atom stereocenters. The fourth-order valence-corrected chi connectivity index (χ4v) is 3.57. The van der Waals surface area contributed by atoms with Crippen LogP contribution in [0.3, 0.4) is 0 Å². The smallest absolute Gasteiger partial charge is 0.251 e. The summed E-state index contributed by atoms with van der Waals surface area (Å²) in [6.07, 6.45) is 0. The molecule has 0 bridgehead atoms. The average Bonchev–Trinajstić information content (AvgIpc) is 3.20. The van der Waals surface area contributed by atoms with Crippen molar-refractivity contribution in [2.45, 2.75) is 19.9 Å². The van der Waals surface area contributed by atoms with Crippen LogP contribution in [-0.4, -0.2) is 29.9 Å². The van der Waals surface area contributed by atoms with E-state index in [0.717, 1.165) is 5.56 Å². The van der Waals surface area contributed by atoms with Crippen molar-refractivity contribution in [1.29, 1.82) is 0 Å². The van der Waals surface area contributed by atoms with Crippen LogP contribution in [-0.2, 0) is 4.79 Å². The van der Waals surface area contributed by atoms with Crippen molar-refractivity contribution in [3.63, 3.8) is 0 Å². The summed E-state index contributed by atoms with van der Waals surface area (Å²) in [5.74, 6) is -0.728. The van der Waals surface area contributed by atoms with Crippen molar-refractivity contribution in [2.75, 3.05) is 12.4 Å². The van der Waals surface area contributed by atoms with Crippen LogP contribution in [0.1, 0.15) is 24.2 Å². The number of nitrogens with one attached hydrogen (secondary N) is 2. The Labute approximate surface area is 178 Å². The van der Waals surface area contributed by atoms with E-state index >= 15 is 0 Å². The van der Waals surface area contributed by atoms with Crippen LogP contribution in [0.4, 0.5) is 9.52 Å². The predicted octanol–water partition coefficient (Wildman–Crippen LogP) is 4.35. The van der Waals surface area contributed by atoms with Gasteiger partial charge in [0.1, 0.15) is 17.6 Å². The van der Waals surface area contributed by atoms with Crippen LogP contribution in [0.25, 0.3) is 11.3 Å². The van der Waals surface area contributed by atoms with E-state index in [1.165, 1.54) is 35.6 Å². The van der Waals surface area contributed by atoms with Gasteiger partial charge in [0.25, 0.3) is 5.91 Å². The maximum Gasteiger partial charge on any atom is 0.251 e. The molecule has 0 saturated heterocycles. The lowest BCUT2D eigenvalue weighted by molar-refractivity contribution is -0.118. The monoisotopic (exact) mass is 427 g/mol. The van der Waals surface area contributed by atoms with Gasteiger partial charge in [0.05, 0.1) is 12.8 Å². The Hall–Kier alpha value is -3.26. The number of halogens is 1. The summed E-state index contributed by atoms with van der Waals surface area (Å²) >= 11 is 1.28. The molecule has 2 amide bonds. The maximum atomic E-state index is 13.1. The highest BCUT2D eigenvalue weighted by molar-refractivity contribution is 7.14. The van der Waals surface area contributed by atoms with Crippen molar-refractivity contribution < 1.29 is 18.7 Å². The zero-order valence-corrected chi connectivity index (χ0v) is 17.6. The van der Waals surface area contributed by atoms with Crippen LogP contribution in [0, 0.1) is 11.7 Å². The first-order valence-electron chi connectivity index (χ1n) is 9.35. The summed E-state index contributed by atoms with van der Waals surface area (Å²) in [4.78, 5) is 29.7. The van der Waals surface area contributed by atoms with Gasteiger partial charge in [-0.25, -0.2) is 9.37 Å². The number of para-hydroxylation sites is 1. The number of benzene rings is 2. The van der Waals surface area contributed by atoms with E-state index in [2.05, 4.69) is 15.6 Å². The van der Waals surface area contributed by atoms with E-state index in [0.29, 0.717) is 16.6 Å². The second-order valence-corrected chi connectivity index (χ2v) is 7.79. The topological polar surface area (TPSA) is 80.3 Å². The van der Waals surface area contributed by atoms with E-state index in [-0.39, 0.29) is 17.4 Å². The second kappa shape index (κ2) is 9.49. The number of carbonyl (C=O) groups is 2. The minimum absolute atomic E-state index is 0.164. The van der Waals surface area contributed by atoms with Crippen molar-refractivity contribution in [3.8, 4) is 17.0 Å². The molecule has 30 heavy (non-hydrogen) atoms. The highest BCUT2D eigenvalue weighted by Gasteiger charge is 2.25. The molecule has 3 aromatic rings. The van der Waals surface area contributed by atoms with Crippen molar-refractivity contribution in [2.24, 2.45) is 5.92 Å². The summed E-state index contributed by atoms with van der Waals surface area (Å²) in [6, 6.07) is 11.9. The van der Waals surface area contributed by atoms with E-state index in [9.17, 15) is 14.0 Å². The largest absolute Gasteiger partial charge is 0.496 e. The molecule has 0 fully saturated rings. The zero-order chi connectivity index (χ0) is 21.7. The molecule has 0 saturated carbocycles. The lowest BCUT2D eigenvalue weighted by Gasteiger charge is -2.21. The zero-order valence-electron chi connectivity index (χ0n) is 16.8. The van der Waals surface area contributed by atoms with Crippen LogP contribution < -0.4 is 15.4 Å². The van der Waals surface area contributed by atoms with Gasteiger partial charge in [0, 0.05) is 16.5 Å². The Kier molecular flexibility index (Phi) is 6.79. The standard InChI is InChI=1S/C22H22FN3O3S/c1-13(2)19(25-20(27)14-8-10-15(23)11-9-14)21(28)26-22-24-17(12-30-22)16-6-4-5-7-18(16)29-3/h4-13,19H,1-3H3,(H,25,27)(H,24,26,28). The van der Waals surface area contributed by atoms with Crippen LogP contribution in [0.15, 0.2) is 53.9 Å². The van der Waals surface area contributed by atoms with Crippen molar-refractivity contribution in [1.82, 2.24) is 10.3 Å². The third-order valence-corrected chi connectivity index (χ3v) is 5.22. The van der Waals surface area contributed by atoms with E-state index in [1.54, 1.807) is 7.11 Å². The molecule has 2 aromatic carbocycles. The molecule has 0 aliphatic rings. The first-order chi connectivity index (χ1) is 14.4. The number of anilines is 1. The minimum atomic E-state index is -0.777. The van der Waals surface area contributed by atoms with Crippen molar-refractivity contribution >= 4 is 28.3 Å². The first kappa shape index (κ1) is 21.4. The lowest BCUT2D eigenvalue weighted by Crippen LogP contribution is -2.47. The molecular weight excluding hydrogens is 405 g/mol. The Morgan fingerprint density at radius 3 is 2.47 bits per heavy atom. The average molecular weight is 428 g/mol. The number of thiazole rings is 1. The number of amides is 2. The Morgan fingerprint density at radius 1 is 1.10 bits per heavy atom. The molecule has 1 heterocycles. The molecule has 0 aliphatic heterocycles. The lowest BCUT2D eigenvalue weighted by atomic mass is 10.0. The summed E-state index contributed by atoms with van der Waals surface area (Å²) in [5.41, 5.74) is 1.79. The molecule has 8 heteroatoms. The molecule has 0 aliphatic carbocycles. The van der Waals surface area contributed by atoms with Crippen LogP contribution in [0.5, 0.6) is 5.75 Å². The van der Waals surface area contributed by atoms with Crippen molar-refractivity contribution in [3.05, 3.63) is 65.3 Å². The first-order valence-corrected chi connectivity index (χ1v) is 10.2. The summed E-state index contributed by atoms with van der Waals surface area (Å²) < 4.78 is 18.4. The Bertz CT molecular complexity index is 1030. The van der Waals surface area contributed by atoms with Gasteiger partial charge in [0.2, 0.25) is 5.91 Å². The Balaban J connectivity index is 1.72. The molecule has 1 atom stereocenters. The van der Waals surface area contributed by atoms with Gasteiger partial charge < -0.3 is 15.4 Å². The second-order valence-electron chi connectivity index (χ2n) is 6.93. The fraction of sp³-hybridized carbons (Fsp3) is 0.227. The number of hydrogen-bond acceptors (Lipinski definition) is 5. The number of aromatic nitrogens is 1. The third kappa shape index (κ3) is 5.01. The Morgan fingerprint density at radius 2 is 1.80 bits per heavy atom. The van der Waals surface area contributed by atoms with Gasteiger partial charge in [-0.15, -0.1) is 11.3 Å². The maximum absolute atomic E-state index is 13.1. The number of nitrogens with zero attached hydrogens (tertiary/aromatic N) is 1. The molecule has 3 rings (SSSR count). The van der Waals surface area contributed by atoms with E-state index in [1.807, 2.05) is 43.5 Å². The quantitative estimate of drug-likeness (QED) is 0.587. The summed E-state index contributed by atoms with van der Waals surface area (Å²) in [5, 5.41) is 7.73. The number of methoxy groups -OCH3 is 1. The fourth-order valence-electron chi connectivity index (χ4n) is 2.86. The molecule has 0 spiro atoms. The van der Waals surface area contributed by atoms with Gasteiger partial charge in [-0.1, -0.05) is 26.0 Å². The molecule has 0 radical (unpaired) electrons. The molecule has 2 N–H and O–H groups in total. The summed E-state index contributed by atoms with van der Waals surface area (Å²) in [7, 11) is 1.59. The third-order valence-electron chi connectivity index (χ3n) is 4.46. The number of hydrogen-bond donors (Lipinski definition) is 2. The summed E-state index contributed by atoms with van der Waals surface area (Å²) in [6.45, 7) is 3.66. The molecule has 1 aromatic heterocycles. The van der Waals surface area contributed by atoms with Gasteiger partial charge in [-0.2, -0.15) is 0 Å². The SMILES string of the molecule is COc1ccccc1-c1csc(NC(=O)C(NC(=O)c2ccc(F)cc2)C(C)C)n1. The molecular formula is C22H22FN3O3S. The predicted molar refractivity (Wildman–Crippen MR) is 115 cm³/mol. The van der Waals surface area contributed by atoms with Crippen LogP contribution in [0.2, 0.25) is 0 Å². The molecule has 6 nitrogen and oxygen atoms in total. The van der Waals surface area contributed by atoms with Gasteiger partial charge in [0.15, 0.2) is 5.13 Å². The van der Waals surface area contributed by atoms with Gasteiger partial charge in [-0.05, 0) is 42.3 Å². The van der Waals surface area contributed by atoms with E-state index in [4.69, 9.17) is 4.74 Å². The number of rotatable bonds is 7. The highest BCUT2D eigenvalue weighted by atomic mass is 32.1. The van der Waals surface area contributed by atoms with Gasteiger partial charge >= 0.3 is 0 Å². The van der Waals surface area contributed by atoms with Gasteiger partial charge in [-0.3, -0.25) is 9.59 Å². The number of ether oxygens (including phenoxy) is 1. The normalized spacial score (nSPS) is 11.8. The van der Waals surface area contributed by atoms with E-state index < -0.39 is 17.8 Å². The highest BCUT2D eigenvalue weighted by Crippen LogP contribution is 2.32.